The molecule has 57 heavy (non-hydrogen) atoms. The van der Waals surface area contributed by atoms with Crippen molar-refractivity contribution in [2.45, 2.75) is 278 Å². The summed E-state index contributed by atoms with van der Waals surface area (Å²) in [5.41, 5.74) is 2.66. The molecule has 1 aromatic rings. The zero-order valence-corrected chi connectivity index (χ0v) is 35.2. The first-order valence-corrected chi connectivity index (χ1v) is 21.8. The molecule has 0 saturated heterocycles. The lowest BCUT2D eigenvalue weighted by molar-refractivity contribution is 0.308. The fourth-order valence-corrected chi connectivity index (χ4v) is 7.77. The third kappa shape index (κ3) is 44.6. The lowest BCUT2D eigenvalue weighted by Crippen LogP contribution is -2.08. The van der Waals surface area contributed by atoms with Crippen LogP contribution in [0.4, 0.5) is 0 Å². The van der Waals surface area contributed by atoms with Gasteiger partial charge in [-0.1, -0.05) is 300 Å². The van der Waals surface area contributed by atoms with Crippen LogP contribution in [0.3, 0.4) is 0 Å². The smallest absolute Gasteiger partial charge is 0.0398 e. The van der Waals surface area contributed by atoms with Crippen LogP contribution in [0.15, 0.2) is 24.3 Å². The molecule has 354 valence electrons. The minimum Gasteiger partial charge on any atom is -0.0776 e. The molecule has 0 radical (unpaired) electrons. The van der Waals surface area contributed by atoms with Crippen LogP contribution >= 0.6 is 0 Å². The lowest BCUT2D eigenvalue weighted by atomic mass is 9.84. The third-order valence-electron chi connectivity index (χ3n) is 12.7. The van der Waals surface area contributed by atoms with Crippen molar-refractivity contribution in [1.29, 1.82) is 0 Å². The molecule has 0 N–H and O–H groups in total. The first kappa shape index (κ1) is 76.9. The molecule has 5 aliphatic carbocycles. The second-order valence-corrected chi connectivity index (χ2v) is 19.0. The zero-order valence-electron chi connectivity index (χ0n) is 35.2. The number of hydrogen-bond acceptors (Lipinski definition) is 0. The van der Waals surface area contributed by atoms with Crippen LogP contribution in [0.2, 0.25) is 0 Å². The molecule has 0 bridgehead atoms. The summed E-state index contributed by atoms with van der Waals surface area (Å²) in [4.78, 5) is 0. The zero-order chi connectivity index (χ0) is 35.9. The summed E-state index contributed by atoms with van der Waals surface area (Å²) in [5, 5.41) is 0. The Balaban J connectivity index is -0.0000000672. The van der Waals surface area contributed by atoms with E-state index < -0.39 is 0 Å². The van der Waals surface area contributed by atoms with Gasteiger partial charge in [-0.15, -0.1) is 0 Å². The van der Waals surface area contributed by atoms with Crippen LogP contribution in [0.5, 0.6) is 0 Å². The van der Waals surface area contributed by atoms with E-state index in [0.717, 1.165) is 59.2 Å². The summed E-state index contributed by atoms with van der Waals surface area (Å²) < 4.78 is 0. The van der Waals surface area contributed by atoms with Crippen LogP contribution < -0.4 is 0 Å². The van der Waals surface area contributed by atoms with Crippen LogP contribution in [-0.4, -0.2) is 0 Å². The molecule has 0 atom stereocenters. The van der Waals surface area contributed by atoms with E-state index in [1.54, 1.807) is 0 Å². The van der Waals surface area contributed by atoms with E-state index >= 15 is 0 Å². The Kier molecular flexibility index (Phi) is 62.4. The molecule has 0 heterocycles. The molecular formula is C57H126. The second-order valence-electron chi connectivity index (χ2n) is 19.0. The number of hydrogen-bond donors (Lipinski definition) is 0. The van der Waals surface area contributed by atoms with E-state index in [4.69, 9.17) is 0 Å². The topological polar surface area (TPSA) is 0 Å². The molecule has 6 rings (SSSR count). The van der Waals surface area contributed by atoms with Crippen molar-refractivity contribution in [3.63, 3.8) is 0 Å². The van der Waals surface area contributed by atoms with Crippen LogP contribution in [0.25, 0.3) is 0 Å². The van der Waals surface area contributed by atoms with Crippen LogP contribution in [0.1, 0.15) is 276 Å². The van der Waals surface area contributed by atoms with Crippen LogP contribution in [-0.2, 0) is 0 Å². The Morgan fingerprint density at radius 3 is 0.351 bits per heavy atom. The third-order valence-corrected chi connectivity index (χ3v) is 12.7. The second kappa shape index (κ2) is 46.3. The standard InChI is InChI=1S/5C8H16.C8H10.9CH4/c6*1-7-3-5-8(2)6-4-7;;;;;;;;;/h5*7-8H,3-6H2,1-2H3;3-6H,1-2H3;9*1H4. The maximum atomic E-state index is 2.37. The quantitative estimate of drug-likeness (QED) is 0.245. The number of aryl methyl sites for hydroxylation is 2. The van der Waals surface area contributed by atoms with Gasteiger partial charge in [-0.2, -0.15) is 0 Å². The van der Waals surface area contributed by atoms with Gasteiger partial charge in [-0.05, 0) is 73.0 Å². The molecule has 0 nitrogen and oxygen atoms in total. The largest absolute Gasteiger partial charge is 0.0776 e. The summed E-state index contributed by atoms with van der Waals surface area (Å²) in [5.74, 6) is 10.2. The summed E-state index contributed by atoms with van der Waals surface area (Å²) in [6, 6.07) is 8.48. The summed E-state index contributed by atoms with van der Waals surface area (Å²) >= 11 is 0. The summed E-state index contributed by atoms with van der Waals surface area (Å²) in [7, 11) is 0. The van der Waals surface area contributed by atoms with Gasteiger partial charge >= 0.3 is 0 Å². The maximum absolute atomic E-state index is 2.37. The summed E-state index contributed by atoms with van der Waals surface area (Å²) in [6.07, 6.45) is 29.5. The molecule has 0 aromatic heterocycles. The van der Waals surface area contributed by atoms with Crippen molar-refractivity contribution in [2.24, 2.45) is 59.2 Å². The minimum absolute atomic E-state index is 0. The minimum atomic E-state index is 0. The van der Waals surface area contributed by atoms with Crippen molar-refractivity contribution in [3.8, 4) is 0 Å². The SMILES string of the molecule is C.C.C.C.C.C.C.C.C.CC1CCC(C)CC1.CC1CCC(C)CC1.CC1CCC(C)CC1.CC1CCC(C)CC1.CC1CCC(C)CC1.Cc1ccc(C)cc1. The van der Waals surface area contributed by atoms with E-state index in [0.29, 0.717) is 0 Å². The number of rotatable bonds is 0. The molecule has 0 spiro atoms. The number of benzene rings is 1. The normalized spacial score (nSPS) is 29.2. The molecule has 5 fully saturated rings. The van der Waals surface area contributed by atoms with Gasteiger partial charge in [0, 0.05) is 0 Å². The van der Waals surface area contributed by atoms with E-state index in [-0.39, 0.29) is 66.8 Å². The summed E-state index contributed by atoms with van der Waals surface area (Å²) in [6.45, 7) is 27.9. The van der Waals surface area contributed by atoms with E-state index in [9.17, 15) is 0 Å². The van der Waals surface area contributed by atoms with Crippen molar-refractivity contribution < 1.29 is 0 Å². The van der Waals surface area contributed by atoms with Crippen molar-refractivity contribution in [1.82, 2.24) is 0 Å². The average Bonchev–Trinajstić information content (AvgIpc) is 3.07. The average molecular weight is 812 g/mol. The van der Waals surface area contributed by atoms with E-state index in [2.05, 4.69) is 107 Å². The van der Waals surface area contributed by atoms with E-state index in [1.807, 2.05) is 0 Å². The lowest BCUT2D eigenvalue weighted by Gasteiger charge is -2.22. The molecule has 0 amide bonds. The van der Waals surface area contributed by atoms with Gasteiger partial charge in [0.2, 0.25) is 0 Å². The van der Waals surface area contributed by atoms with Gasteiger partial charge in [0.25, 0.3) is 0 Å². The fraction of sp³-hybridized carbons (Fsp3) is 0.895. The van der Waals surface area contributed by atoms with Gasteiger partial charge < -0.3 is 0 Å². The van der Waals surface area contributed by atoms with Gasteiger partial charge in [0.1, 0.15) is 0 Å². The monoisotopic (exact) mass is 811 g/mol. The Morgan fingerprint density at radius 1 is 0.211 bits per heavy atom. The van der Waals surface area contributed by atoms with Crippen LogP contribution in [0, 0.1) is 73.0 Å². The predicted octanol–water partition coefficient (Wildman–Crippen LogP) is 22.2. The highest BCUT2D eigenvalue weighted by Crippen LogP contribution is 2.30. The van der Waals surface area contributed by atoms with Gasteiger partial charge in [-0.3, -0.25) is 0 Å². The molecule has 1 aromatic carbocycles. The predicted molar refractivity (Wildman–Crippen MR) is 280 cm³/mol. The highest BCUT2D eigenvalue weighted by molar-refractivity contribution is 5.19. The van der Waals surface area contributed by atoms with Crippen molar-refractivity contribution >= 4 is 0 Å². The molecule has 5 saturated carbocycles. The Hall–Kier alpha value is -0.780. The van der Waals surface area contributed by atoms with E-state index in [1.165, 1.54) is 140 Å². The van der Waals surface area contributed by atoms with Gasteiger partial charge in [0.15, 0.2) is 0 Å². The highest BCUT2D eigenvalue weighted by atomic mass is 14.2. The maximum Gasteiger partial charge on any atom is -0.0398 e. The first-order chi connectivity index (χ1) is 22.7. The molecular weight excluding hydrogens is 685 g/mol. The Bertz CT molecular complexity index is 624. The van der Waals surface area contributed by atoms with Gasteiger partial charge in [-0.25, -0.2) is 0 Å². The Labute approximate surface area is 371 Å². The first-order valence-electron chi connectivity index (χ1n) is 21.8. The molecule has 5 aliphatic rings. The Morgan fingerprint density at radius 2 is 0.281 bits per heavy atom. The highest BCUT2D eigenvalue weighted by Gasteiger charge is 2.16. The molecule has 0 unspecified atom stereocenters. The molecule has 0 heteroatoms. The van der Waals surface area contributed by atoms with Crippen molar-refractivity contribution in [2.75, 3.05) is 0 Å². The van der Waals surface area contributed by atoms with Gasteiger partial charge in [0.05, 0.1) is 0 Å². The van der Waals surface area contributed by atoms with Crippen molar-refractivity contribution in [3.05, 3.63) is 35.4 Å². The molecule has 0 aliphatic heterocycles. The fourth-order valence-electron chi connectivity index (χ4n) is 7.77.